The van der Waals surface area contributed by atoms with Crippen molar-refractivity contribution in [3.05, 3.63) is 70.9 Å². The second-order valence-electron chi connectivity index (χ2n) is 7.36. The van der Waals surface area contributed by atoms with Gasteiger partial charge >= 0.3 is 0 Å². The smallest absolute Gasteiger partial charge is 0.259 e. The van der Waals surface area contributed by atoms with Gasteiger partial charge in [-0.15, -0.1) is 0 Å². The van der Waals surface area contributed by atoms with Gasteiger partial charge in [-0.3, -0.25) is 9.78 Å². The number of hydrogen-bond donors (Lipinski definition) is 0. The van der Waals surface area contributed by atoms with E-state index in [1.165, 1.54) is 11.0 Å². The molecule has 3 heterocycles. The predicted molar refractivity (Wildman–Crippen MR) is 103 cm³/mol. The first-order chi connectivity index (χ1) is 14.0. The maximum atomic E-state index is 14.0. The van der Waals surface area contributed by atoms with E-state index in [9.17, 15) is 13.6 Å². The van der Waals surface area contributed by atoms with Gasteiger partial charge < -0.3 is 9.42 Å². The number of carbonyl (C=O) groups is 1. The van der Waals surface area contributed by atoms with E-state index in [0.29, 0.717) is 13.1 Å². The molecule has 1 aromatic carbocycles. The molecule has 2 aromatic heterocycles. The number of likely N-dealkylation sites (tertiary alicyclic amines) is 1. The molecule has 7 heteroatoms. The third kappa shape index (κ3) is 3.64. The van der Waals surface area contributed by atoms with Crippen LogP contribution in [-0.2, 0) is 0 Å². The molecule has 1 amide bonds. The maximum absolute atomic E-state index is 14.0. The second kappa shape index (κ2) is 7.73. The number of pyridine rings is 1. The first-order valence-corrected chi connectivity index (χ1v) is 9.58. The van der Waals surface area contributed by atoms with E-state index in [1.54, 1.807) is 6.20 Å². The number of piperidine rings is 1. The van der Waals surface area contributed by atoms with Gasteiger partial charge in [-0.05, 0) is 44.9 Å². The molecule has 0 N–H and O–H groups in total. The SMILES string of the molecule is Cc1noc(C)c1-c1ccc(C2CCCN(C(=O)c3c(F)cccc3F)C2)nc1. The molecular formula is C22H21F2N3O2. The fraction of sp³-hybridized carbons (Fsp3) is 0.318. The van der Waals surface area contributed by atoms with Gasteiger partial charge in [0.15, 0.2) is 0 Å². The quantitative estimate of drug-likeness (QED) is 0.645. The van der Waals surface area contributed by atoms with Crippen LogP contribution in [-0.4, -0.2) is 34.0 Å². The topological polar surface area (TPSA) is 59.2 Å². The number of carbonyl (C=O) groups excluding carboxylic acids is 1. The molecule has 1 aliphatic rings. The Morgan fingerprint density at radius 1 is 1.17 bits per heavy atom. The number of hydrogen-bond acceptors (Lipinski definition) is 4. The molecule has 1 saturated heterocycles. The maximum Gasteiger partial charge on any atom is 0.259 e. The zero-order valence-corrected chi connectivity index (χ0v) is 16.3. The van der Waals surface area contributed by atoms with Crippen LogP contribution in [0.3, 0.4) is 0 Å². The molecule has 150 valence electrons. The molecule has 1 fully saturated rings. The van der Waals surface area contributed by atoms with Crippen LogP contribution in [0.1, 0.15) is 46.3 Å². The van der Waals surface area contributed by atoms with Crippen LogP contribution < -0.4 is 0 Å². The zero-order chi connectivity index (χ0) is 20.5. The molecule has 1 aliphatic heterocycles. The number of rotatable bonds is 3. The number of benzene rings is 1. The summed E-state index contributed by atoms with van der Waals surface area (Å²) in [6.07, 6.45) is 3.39. The van der Waals surface area contributed by atoms with Crippen molar-refractivity contribution in [3.8, 4) is 11.1 Å². The number of aryl methyl sites for hydroxylation is 2. The van der Waals surface area contributed by atoms with Crippen molar-refractivity contribution in [2.75, 3.05) is 13.1 Å². The third-order valence-corrected chi connectivity index (χ3v) is 5.41. The molecule has 0 saturated carbocycles. The summed E-state index contributed by atoms with van der Waals surface area (Å²) in [5.41, 5.74) is 3.02. The van der Waals surface area contributed by atoms with Crippen molar-refractivity contribution >= 4 is 5.91 Å². The van der Waals surface area contributed by atoms with Crippen molar-refractivity contribution in [2.45, 2.75) is 32.6 Å². The monoisotopic (exact) mass is 397 g/mol. The van der Waals surface area contributed by atoms with Crippen LogP contribution >= 0.6 is 0 Å². The molecule has 3 aromatic rings. The summed E-state index contributed by atoms with van der Waals surface area (Å²) in [5.74, 6) is -1.53. The van der Waals surface area contributed by atoms with E-state index in [-0.39, 0.29) is 5.92 Å². The number of aromatic nitrogens is 2. The Labute approximate surface area is 167 Å². The van der Waals surface area contributed by atoms with Gasteiger partial charge in [0.2, 0.25) is 0 Å². The van der Waals surface area contributed by atoms with Gasteiger partial charge in [0.05, 0.1) is 5.69 Å². The molecule has 29 heavy (non-hydrogen) atoms. The summed E-state index contributed by atoms with van der Waals surface area (Å²) in [7, 11) is 0. The lowest BCUT2D eigenvalue weighted by Crippen LogP contribution is -2.40. The van der Waals surface area contributed by atoms with E-state index < -0.39 is 23.1 Å². The van der Waals surface area contributed by atoms with E-state index in [2.05, 4.69) is 10.1 Å². The fourth-order valence-corrected chi connectivity index (χ4v) is 3.95. The standard InChI is InChI=1S/C22H21F2N3O2/c1-13-20(14(2)29-26-13)15-8-9-19(25-11-15)16-5-4-10-27(12-16)22(28)21-17(23)6-3-7-18(21)24/h3,6-9,11,16H,4-5,10,12H2,1-2H3. The average Bonchev–Trinajstić information content (AvgIpc) is 3.06. The molecule has 0 spiro atoms. The Morgan fingerprint density at radius 3 is 2.55 bits per heavy atom. The lowest BCUT2D eigenvalue weighted by molar-refractivity contribution is 0.0696. The minimum absolute atomic E-state index is 0.0150. The van der Waals surface area contributed by atoms with Crippen LogP contribution in [0.25, 0.3) is 11.1 Å². The Kier molecular flexibility index (Phi) is 5.13. The van der Waals surface area contributed by atoms with Crippen molar-refractivity contribution in [1.29, 1.82) is 0 Å². The van der Waals surface area contributed by atoms with E-state index in [0.717, 1.165) is 53.2 Å². The van der Waals surface area contributed by atoms with Gasteiger partial charge in [0, 0.05) is 42.0 Å². The third-order valence-electron chi connectivity index (χ3n) is 5.41. The Balaban J connectivity index is 1.54. The Hall–Kier alpha value is -3.09. The molecule has 5 nitrogen and oxygen atoms in total. The number of nitrogens with zero attached hydrogens (tertiary/aromatic N) is 3. The fourth-order valence-electron chi connectivity index (χ4n) is 3.95. The minimum Gasteiger partial charge on any atom is -0.361 e. The van der Waals surface area contributed by atoms with Crippen molar-refractivity contribution in [2.24, 2.45) is 0 Å². The Bertz CT molecular complexity index is 1010. The second-order valence-corrected chi connectivity index (χ2v) is 7.36. The summed E-state index contributed by atoms with van der Waals surface area (Å²) < 4.78 is 33.2. The van der Waals surface area contributed by atoms with Gasteiger partial charge in [-0.25, -0.2) is 8.78 Å². The van der Waals surface area contributed by atoms with E-state index >= 15 is 0 Å². The molecule has 1 atom stereocenters. The average molecular weight is 397 g/mol. The molecule has 0 radical (unpaired) electrons. The highest BCUT2D eigenvalue weighted by molar-refractivity contribution is 5.94. The Morgan fingerprint density at radius 2 is 1.93 bits per heavy atom. The van der Waals surface area contributed by atoms with Crippen LogP contribution in [0, 0.1) is 25.5 Å². The highest BCUT2D eigenvalue weighted by atomic mass is 19.1. The van der Waals surface area contributed by atoms with Crippen molar-refractivity contribution < 1.29 is 18.1 Å². The van der Waals surface area contributed by atoms with Crippen LogP contribution in [0.2, 0.25) is 0 Å². The summed E-state index contributed by atoms with van der Waals surface area (Å²) in [6.45, 7) is 4.59. The highest BCUT2D eigenvalue weighted by Crippen LogP contribution is 2.30. The van der Waals surface area contributed by atoms with Gasteiger partial charge in [-0.1, -0.05) is 17.3 Å². The van der Waals surface area contributed by atoms with Crippen molar-refractivity contribution in [1.82, 2.24) is 15.0 Å². The van der Waals surface area contributed by atoms with Gasteiger partial charge in [0.25, 0.3) is 5.91 Å². The first kappa shape index (κ1) is 19.2. The molecule has 0 aliphatic carbocycles. The summed E-state index contributed by atoms with van der Waals surface area (Å²) >= 11 is 0. The molecule has 0 bridgehead atoms. The minimum atomic E-state index is -0.834. The summed E-state index contributed by atoms with van der Waals surface area (Å²) in [4.78, 5) is 18.8. The molecule has 4 rings (SSSR count). The van der Waals surface area contributed by atoms with E-state index in [1.807, 2.05) is 26.0 Å². The molecule has 1 unspecified atom stereocenters. The van der Waals surface area contributed by atoms with E-state index in [4.69, 9.17) is 4.52 Å². The van der Waals surface area contributed by atoms with Crippen LogP contribution in [0.5, 0.6) is 0 Å². The lowest BCUT2D eigenvalue weighted by atomic mass is 9.93. The largest absolute Gasteiger partial charge is 0.361 e. The molecular weight excluding hydrogens is 376 g/mol. The highest BCUT2D eigenvalue weighted by Gasteiger charge is 2.29. The van der Waals surface area contributed by atoms with Crippen LogP contribution in [0.4, 0.5) is 8.78 Å². The number of amides is 1. The predicted octanol–water partition coefficient (Wildman–Crippen LogP) is 4.65. The summed E-state index contributed by atoms with van der Waals surface area (Å²) in [6, 6.07) is 7.36. The van der Waals surface area contributed by atoms with Crippen molar-refractivity contribution in [3.63, 3.8) is 0 Å². The van der Waals surface area contributed by atoms with Crippen LogP contribution in [0.15, 0.2) is 41.1 Å². The van der Waals surface area contributed by atoms with Gasteiger partial charge in [0.1, 0.15) is 23.0 Å². The summed E-state index contributed by atoms with van der Waals surface area (Å²) in [5, 5.41) is 3.97. The normalized spacial score (nSPS) is 16.8. The lowest BCUT2D eigenvalue weighted by Gasteiger charge is -2.32. The van der Waals surface area contributed by atoms with Gasteiger partial charge in [-0.2, -0.15) is 0 Å². The number of halogens is 2. The first-order valence-electron chi connectivity index (χ1n) is 9.58. The zero-order valence-electron chi connectivity index (χ0n) is 16.3.